The van der Waals surface area contributed by atoms with Gasteiger partial charge < -0.3 is 11.6 Å². The summed E-state index contributed by atoms with van der Waals surface area (Å²) in [5, 5.41) is 0.700. The maximum atomic E-state index is 6.08. The maximum absolute atomic E-state index is 6.08. The van der Waals surface area contributed by atoms with Gasteiger partial charge in [-0.25, -0.2) is 9.66 Å². The van der Waals surface area contributed by atoms with Gasteiger partial charge in [0.1, 0.15) is 11.5 Å². The molecule has 2 aromatic rings. The van der Waals surface area contributed by atoms with Crippen molar-refractivity contribution < 1.29 is 0 Å². The van der Waals surface area contributed by atoms with Crippen molar-refractivity contribution >= 4 is 17.4 Å². The molecule has 3 rings (SSSR count). The number of nitrogens with two attached hydrogens (primary N) is 2. The minimum atomic E-state index is 0.438. The SMILES string of the molecule is Nc1c(-c2ccc(Cl)cc2)nc(C2CCCC2)n1N. The largest absolute Gasteiger partial charge is 0.382 e. The highest BCUT2D eigenvalue weighted by atomic mass is 35.5. The minimum Gasteiger partial charge on any atom is -0.382 e. The lowest BCUT2D eigenvalue weighted by molar-refractivity contribution is 0.648. The maximum Gasteiger partial charge on any atom is 0.150 e. The van der Waals surface area contributed by atoms with Gasteiger partial charge in [0, 0.05) is 16.5 Å². The van der Waals surface area contributed by atoms with Crippen LogP contribution in [0.15, 0.2) is 24.3 Å². The van der Waals surface area contributed by atoms with Crippen molar-refractivity contribution in [1.82, 2.24) is 9.66 Å². The van der Waals surface area contributed by atoms with Crippen LogP contribution < -0.4 is 11.6 Å². The lowest BCUT2D eigenvalue weighted by Crippen LogP contribution is -2.17. The van der Waals surface area contributed by atoms with Gasteiger partial charge >= 0.3 is 0 Å². The van der Waals surface area contributed by atoms with Crippen molar-refractivity contribution in [3.63, 3.8) is 0 Å². The third kappa shape index (κ3) is 2.16. The van der Waals surface area contributed by atoms with E-state index in [2.05, 4.69) is 4.98 Å². The summed E-state index contributed by atoms with van der Waals surface area (Å²) < 4.78 is 1.54. The number of halogens is 1. The smallest absolute Gasteiger partial charge is 0.150 e. The number of nitrogen functional groups attached to an aromatic ring is 2. The zero-order chi connectivity index (χ0) is 13.4. The van der Waals surface area contributed by atoms with Gasteiger partial charge in [-0.15, -0.1) is 0 Å². The van der Waals surface area contributed by atoms with E-state index in [9.17, 15) is 0 Å². The van der Waals surface area contributed by atoms with E-state index in [0.29, 0.717) is 16.8 Å². The van der Waals surface area contributed by atoms with Crippen LogP contribution in [0.3, 0.4) is 0 Å². The molecule has 1 aliphatic rings. The van der Waals surface area contributed by atoms with Crippen LogP contribution in [0.5, 0.6) is 0 Å². The van der Waals surface area contributed by atoms with E-state index >= 15 is 0 Å². The van der Waals surface area contributed by atoms with E-state index in [4.69, 9.17) is 23.2 Å². The molecule has 0 saturated heterocycles. The molecule has 4 N–H and O–H groups in total. The number of benzene rings is 1. The first-order valence-electron chi connectivity index (χ1n) is 6.56. The molecule has 1 aliphatic carbocycles. The van der Waals surface area contributed by atoms with Crippen molar-refractivity contribution in [1.29, 1.82) is 0 Å². The predicted molar refractivity (Wildman–Crippen MR) is 78.4 cm³/mol. The normalized spacial score (nSPS) is 16.1. The molecule has 0 amide bonds. The Morgan fingerprint density at radius 3 is 2.42 bits per heavy atom. The molecule has 0 radical (unpaired) electrons. The van der Waals surface area contributed by atoms with Crippen LogP contribution in [0.2, 0.25) is 5.02 Å². The molecule has 0 unspecified atom stereocenters. The Bertz CT molecular complexity index is 582. The molecule has 1 heterocycles. The van der Waals surface area contributed by atoms with Gasteiger partial charge in [0.2, 0.25) is 0 Å². The van der Waals surface area contributed by atoms with E-state index in [-0.39, 0.29) is 0 Å². The Morgan fingerprint density at radius 1 is 1.16 bits per heavy atom. The average Bonchev–Trinajstić information content (AvgIpc) is 3.02. The molecule has 5 heteroatoms. The first-order valence-corrected chi connectivity index (χ1v) is 6.93. The molecule has 19 heavy (non-hydrogen) atoms. The molecule has 1 aromatic carbocycles. The summed E-state index contributed by atoms with van der Waals surface area (Å²) in [6.07, 6.45) is 4.78. The number of nitrogens with zero attached hydrogens (tertiary/aromatic N) is 2. The van der Waals surface area contributed by atoms with Crippen LogP contribution in [-0.2, 0) is 0 Å². The third-order valence-electron chi connectivity index (χ3n) is 3.81. The fourth-order valence-corrected chi connectivity index (χ4v) is 2.88. The first kappa shape index (κ1) is 12.4. The van der Waals surface area contributed by atoms with Gasteiger partial charge in [-0.1, -0.05) is 36.6 Å². The van der Waals surface area contributed by atoms with Gasteiger partial charge in [-0.05, 0) is 25.0 Å². The monoisotopic (exact) mass is 276 g/mol. The van der Waals surface area contributed by atoms with Gasteiger partial charge in [-0.3, -0.25) is 0 Å². The van der Waals surface area contributed by atoms with Crippen LogP contribution in [0.4, 0.5) is 5.82 Å². The molecular formula is C14H17ClN4. The number of rotatable bonds is 2. The number of hydrogen-bond donors (Lipinski definition) is 2. The number of aromatic nitrogens is 2. The Balaban J connectivity index is 2.02. The van der Waals surface area contributed by atoms with E-state index < -0.39 is 0 Å². The van der Waals surface area contributed by atoms with E-state index in [1.54, 1.807) is 4.68 Å². The van der Waals surface area contributed by atoms with E-state index in [0.717, 1.165) is 29.9 Å². The second-order valence-corrected chi connectivity index (χ2v) is 5.50. The summed E-state index contributed by atoms with van der Waals surface area (Å²) in [6, 6.07) is 7.50. The highest BCUT2D eigenvalue weighted by Gasteiger charge is 2.24. The van der Waals surface area contributed by atoms with Crippen molar-refractivity contribution in [3.05, 3.63) is 35.1 Å². The molecule has 100 valence electrons. The molecule has 0 atom stereocenters. The molecule has 0 aliphatic heterocycles. The zero-order valence-electron chi connectivity index (χ0n) is 10.6. The molecule has 0 spiro atoms. The molecule has 1 saturated carbocycles. The summed E-state index contributed by atoms with van der Waals surface area (Å²) >= 11 is 5.90. The lowest BCUT2D eigenvalue weighted by Gasteiger charge is -2.08. The van der Waals surface area contributed by atoms with E-state index in [1.807, 2.05) is 24.3 Å². The van der Waals surface area contributed by atoms with Crippen LogP contribution in [0.1, 0.15) is 37.4 Å². The second kappa shape index (κ2) is 4.78. The Morgan fingerprint density at radius 2 is 1.79 bits per heavy atom. The quantitative estimate of drug-likeness (QED) is 0.828. The summed E-state index contributed by atoms with van der Waals surface area (Å²) in [5.41, 5.74) is 7.78. The van der Waals surface area contributed by atoms with Crippen LogP contribution in [0, 0.1) is 0 Å². The minimum absolute atomic E-state index is 0.438. The summed E-state index contributed by atoms with van der Waals surface area (Å²) in [5.74, 6) is 7.91. The highest BCUT2D eigenvalue weighted by molar-refractivity contribution is 6.30. The highest BCUT2D eigenvalue weighted by Crippen LogP contribution is 2.36. The second-order valence-electron chi connectivity index (χ2n) is 5.06. The third-order valence-corrected chi connectivity index (χ3v) is 4.07. The van der Waals surface area contributed by atoms with Gasteiger partial charge in [0.25, 0.3) is 0 Å². The van der Waals surface area contributed by atoms with Crippen molar-refractivity contribution in [2.24, 2.45) is 0 Å². The lowest BCUT2D eigenvalue weighted by atomic mass is 10.1. The van der Waals surface area contributed by atoms with Gasteiger partial charge in [0.15, 0.2) is 5.82 Å². The number of imidazole rings is 1. The fraction of sp³-hybridized carbons (Fsp3) is 0.357. The van der Waals surface area contributed by atoms with Crippen LogP contribution in [-0.4, -0.2) is 9.66 Å². The fourth-order valence-electron chi connectivity index (χ4n) is 2.76. The van der Waals surface area contributed by atoms with Crippen molar-refractivity contribution in [2.75, 3.05) is 11.6 Å². The first-order chi connectivity index (χ1) is 9.16. The summed E-state index contributed by atoms with van der Waals surface area (Å²) in [7, 11) is 0. The van der Waals surface area contributed by atoms with Gasteiger partial charge in [0.05, 0.1) is 0 Å². The Kier molecular flexibility index (Phi) is 3.11. The van der Waals surface area contributed by atoms with Crippen LogP contribution in [0.25, 0.3) is 11.3 Å². The van der Waals surface area contributed by atoms with Crippen molar-refractivity contribution in [3.8, 4) is 11.3 Å². The molecule has 0 bridgehead atoms. The molecule has 4 nitrogen and oxygen atoms in total. The van der Waals surface area contributed by atoms with Crippen LogP contribution >= 0.6 is 11.6 Å². The molecule has 1 aromatic heterocycles. The van der Waals surface area contributed by atoms with E-state index in [1.165, 1.54) is 12.8 Å². The standard InChI is InChI=1S/C14H17ClN4/c15-11-7-5-9(6-8-11)12-13(16)19(17)14(18-12)10-3-1-2-4-10/h5-8,10H,1-4,16-17H2. The number of hydrogen-bond acceptors (Lipinski definition) is 3. The Hall–Kier alpha value is -1.68. The van der Waals surface area contributed by atoms with Crippen molar-refractivity contribution in [2.45, 2.75) is 31.6 Å². The summed E-state index contributed by atoms with van der Waals surface area (Å²) in [4.78, 5) is 4.66. The Labute approximate surface area is 117 Å². The summed E-state index contributed by atoms with van der Waals surface area (Å²) in [6.45, 7) is 0. The zero-order valence-corrected chi connectivity index (χ0v) is 11.4. The predicted octanol–water partition coefficient (Wildman–Crippen LogP) is 3.16. The topological polar surface area (TPSA) is 69.9 Å². The molecular weight excluding hydrogens is 260 g/mol. The van der Waals surface area contributed by atoms with Gasteiger partial charge in [-0.2, -0.15) is 0 Å². The average molecular weight is 277 g/mol. The molecule has 1 fully saturated rings. The number of anilines is 1.